The van der Waals surface area contributed by atoms with E-state index in [0.717, 1.165) is 6.42 Å². The number of nitrogens with one attached hydrogen (secondary N) is 2. The topological polar surface area (TPSA) is 136 Å². The fraction of sp³-hybridized carbons (Fsp3) is 0.846. The minimum absolute atomic E-state index is 0. The molecule has 0 spiro atoms. The van der Waals surface area contributed by atoms with Crippen LogP contribution in [0.25, 0.3) is 11.5 Å². The zero-order valence-corrected chi connectivity index (χ0v) is 73.8. The molecule has 0 amide bonds. The van der Waals surface area contributed by atoms with E-state index in [9.17, 15) is 9.50 Å². The quantitative estimate of drug-likeness (QED) is 0.280. The molecule has 265 valence electrons. The van der Waals surface area contributed by atoms with Crippen LogP contribution in [-0.4, -0.2) is 90.8 Å². The number of aliphatic hydroxyl groups is 3. The molecule has 17 radical (unpaired) electrons. The predicted octanol–water partition coefficient (Wildman–Crippen LogP) is 4.53. The van der Waals surface area contributed by atoms with Gasteiger partial charge < -0.3 is 69.2 Å². The van der Waals surface area contributed by atoms with E-state index in [1.165, 1.54) is 6.92 Å². The molecular weight excluding hydrogens is 1800 g/mol. The van der Waals surface area contributed by atoms with Crippen LogP contribution in [0.3, 0.4) is 0 Å². The molecule has 8 nitrogen and oxygen atoms in total. The molecule has 51 heavy (non-hydrogen) atoms. The largest absolute Gasteiger partial charge is 0.673 e. The van der Waals surface area contributed by atoms with Crippen molar-refractivity contribution in [2.45, 2.75) is 123 Å². The first-order valence-corrected chi connectivity index (χ1v) is 11.7. The second-order valence-corrected chi connectivity index (χ2v) is 8.86. The van der Waals surface area contributed by atoms with E-state index in [-0.39, 0.29) is 530 Å². The molecule has 0 aromatic heterocycles. The Labute approximate surface area is 695 Å². The third-order valence-corrected chi connectivity index (χ3v) is 4.69. The summed E-state index contributed by atoms with van der Waals surface area (Å²) in [4.78, 5) is 0. The molecule has 2 fully saturated rings. The number of ether oxygens (including phenoxy) is 3. The van der Waals surface area contributed by atoms with Gasteiger partial charge in [0.2, 0.25) is 0 Å². The van der Waals surface area contributed by atoms with E-state index in [1.54, 1.807) is 13.8 Å². The van der Waals surface area contributed by atoms with E-state index in [1.807, 2.05) is 20.8 Å². The number of hydrogen-bond acceptors (Lipinski definition) is 6. The Morgan fingerprint density at radius 3 is 1.37 bits per heavy atom. The Hall–Kier alpha value is 16.2. The van der Waals surface area contributed by atoms with Gasteiger partial charge in [-0.05, 0) is 19.0 Å². The molecule has 2 rings (SSSR count). The van der Waals surface area contributed by atoms with Gasteiger partial charge in [0.05, 0.1) is 18.8 Å². The van der Waals surface area contributed by atoms with Gasteiger partial charge in [-0.3, -0.25) is 4.39 Å². The van der Waals surface area contributed by atoms with Gasteiger partial charge in [0, 0.05) is 510 Å². The Morgan fingerprint density at radius 1 is 0.804 bits per heavy atom. The van der Waals surface area contributed by atoms with E-state index in [4.69, 9.17) is 45.1 Å². The smallest absolute Gasteiger partial charge is 0.144 e. The second-order valence-electron chi connectivity index (χ2n) is 8.86. The first-order valence-electron chi connectivity index (χ1n) is 12.2. The van der Waals surface area contributed by atoms with Crippen LogP contribution in [0.1, 0.15) is 63.2 Å². The van der Waals surface area contributed by atoms with Crippen LogP contribution in [0.15, 0.2) is 0 Å². The molecule has 2 aliphatic rings. The van der Waals surface area contributed by atoms with Crippen LogP contribution in [0.4, 0.5) is 4.39 Å². The molecule has 5 N–H and O–H groups in total. The number of halogens is 1. The Kier molecular flexibility index (Phi) is 198. The van der Waals surface area contributed by atoms with E-state index in [0.29, 0.717) is 0 Å². The first-order chi connectivity index (χ1) is 16.0. The molecule has 0 aromatic rings. The van der Waals surface area contributed by atoms with Crippen molar-refractivity contribution in [3.63, 3.8) is 0 Å². The molecule has 0 bridgehead atoms. The average molecular weight is 1860 g/mol. The molecule has 0 saturated carbocycles. The second kappa shape index (κ2) is 83.1. The number of rotatable bonds is 4. The van der Waals surface area contributed by atoms with Crippen LogP contribution in [-0.2, 0) is 505 Å². The van der Waals surface area contributed by atoms with Gasteiger partial charge in [0.15, 0.2) is 0 Å². The SMILES string of the molecule is C.[2H][C@@H]1C(CO[C@@H]2OC(CC)[C@@H](C)[C@H](O)C2[NH-])O[C@H]([B])C([NH-])[C@H]1C.[CH2-][C@@H](C)F.[CH2-][C@@H](C)O.[CH2-][C@@H](C)O.[CH3-].[Y].[Y].[Y].[Y].[Y].[Y].[Y].[Y].[Y].[Y].[Y].[Y].[Y].[Y].[Y]. The molecule has 2 aliphatic heterocycles. The minimum atomic E-state index is -0.917. The summed E-state index contributed by atoms with van der Waals surface area (Å²) in [5.41, 5.74) is 15.9. The van der Waals surface area contributed by atoms with Crippen molar-refractivity contribution in [1.82, 2.24) is 0 Å². The summed E-state index contributed by atoms with van der Waals surface area (Å²) >= 11 is 0. The zero-order chi connectivity index (χ0) is 28.0. The monoisotopic (exact) mass is 1860 g/mol. The molecule has 0 aromatic carbocycles. The van der Waals surface area contributed by atoms with E-state index >= 15 is 0 Å². The fourth-order valence-electron chi connectivity index (χ4n) is 3.07. The van der Waals surface area contributed by atoms with Gasteiger partial charge >= 0.3 is 0 Å². The summed E-state index contributed by atoms with van der Waals surface area (Å²) in [6, 6.07) is -2.26. The third kappa shape index (κ3) is 77.9. The van der Waals surface area contributed by atoms with Crippen molar-refractivity contribution in [3.05, 3.63) is 39.7 Å². The van der Waals surface area contributed by atoms with Crippen LogP contribution >= 0.6 is 0 Å². The summed E-state index contributed by atoms with van der Waals surface area (Å²) < 4.78 is 36.0. The Balaban J connectivity index is -0.0000000197. The Bertz CT molecular complexity index is 548. The van der Waals surface area contributed by atoms with Crippen LogP contribution in [0, 0.1) is 40.0 Å². The fourth-order valence-corrected chi connectivity index (χ4v) is 3.07. The molecular formula is C26H54BFN2O6Y15-6. The van der Waals surface area contributed by atoms with Crippen molar-refractivity contribution in [2.24, 2.45) is 11.8 Å². The number of aliphatic hydroxyl groups excluding tert-OH is 3. The molecule has 0 aliphatic carbocycles. The molecule has 2 heterocycles. The van der Waals surface area contributed by atoms with Gasteiger partial charge in [-0.15, -0.1) is 6.04 Å². The summed E-state index contributed by atoms with van der Waals surface area (Å²) in [6.07, 6.45) is -4.01. The molecule has 25 heteroatoms. The normalized spacial score (nSPS) is 27.0. The maximum absolute atomic E-state index is 10.9. The first kappa shape index (κ1) is 122. The molecule has 2 saturated heterocycles. The third-order valence-electron chi connectivity index (χ3n) is 4.69. The summed E-state index contributed by atoms with van der Waals surface area (Å²) in [5.74, 6) is -0.338. The molecule has 4 unspecified atom stereocenters. The minimum Gasteiger partial charge on any atom is -0.673 e. The Morgan fingerprint density at radius 2 is 1.10 bits per heavy atom. The van der Waals surface area contributed by atoms with Crippen molar-refractivity contribution in [2.75, 3.05) is 6.61 Å². The van der Waals surface area contributed by atoms with Crippen molar-refractivity contribution < 1.29 is 526 Å². The average Bonchev–Trinajstić information content (AvgIpc) is 2.72. The van der Waals surface area contributed by atoms with Gasteiger partial charge in [-0.1, -0.05) is 73.1 Å². The number of alkyl halides is 1. The summed E-state index contributed by atoms with van der Waals surface area (Å²) in [7, 11) is 5.78. The van der Waals surface area contributed by atoms with Crippen LogP contribution in [0.2, 0.25) is 0 Å². The summed E-state index contributed by atoms with van der Waals surface area (Å²) in [5, 5.41) is 26.1. The van der Waals surface area contributed by atoms with E-state index < -0.39 is 61.4 Å². The maximum Gasteiger partial charge on any atom is 0.144 e. The van der Waals surface area contributed by atoms with Gasteiger partial charge in [-0.25, -0.2) is 0 Å². The standard InChI is InChI=1S/C15H27BN2O4.C3H6F.2C3H7O.CH4.CH3.15Y/c1-4-10-8(3)13(19)12(18)15(22-10)20-6-9-5-7(2)11(17)14(16)21-9;3*1-3(2)4;;;;;;;;;;;;;;;;;/h7-15,17-19H,4-6H2,1-3H3;3H,1H2,2H3;2*3-4H,1H2,2H3;1H4;1H3;;;;;;;;;;;;;;;/q-2;3*-1;;-1;;;;;;;;;;;;;;;/t7-,8+,9?,10?,11?,12?,13-,14-,15+;3*3-;;;;;;;;;;;;;;;;;/m0000................./s1/i5D;;;;;;;;;;;;;;;;;;;;/t5-,7-,8+,9?,10?,11?,12?,13-,14-,15+;;;;;;;;;;;;;;;;;;;;. The van der Waals surface area contributed by atoms with E-state index in [2.05, 4.69) is 20.8 Å². The van der Waals surface area contributed by atoms with Crippen molar-refractivity contribution in [1.29, 1.82) is 0 Å². The van der Waals surface area contributed by atoms with Gasteiger partial charge in [0.1, 0.15) is 14.1 Å². The van der Waals surface area contributed by atoms with Gasteiger partial charge in [0.25, 0.3) is 0 Å². The van der Waals surface area contributed by atoms with Crippen molar-refractivity contribution in [3.8, 4) is 0 Å². The molecule has 13 atom stereocenters. The van der Waals surface area contributed by atoms with Crippen molar-refractivity contribution >= 4 is 7.85 Å². The maximum atomic E-state index is 10.9. The zero-order valence-electron chi connectivity index (χ0n) is 32.2. The number of hydrogen-bond donors (Lipinski definition) is 3. The predicted molar refractivity (Wildman–Crippen MR) is 148 cm³/mol. The van der Waals surface area contributed by atoms with Crippen LogP contribution in [0.5, 0.6) is 0 Å². The summed E-state index contributed by atoms with van der Waals surface area (Å²) in [6.45, 7) is 19.7. The van der Waals surface area contributed by atoms with Crippen LogP contribution < -0.4 is 0 Å². The van der Waals surface area contributed by atoms with Gasteiger partial charge in [-0.2, -0.15) is 0 Å².